The first-order chi connectivity index (χ1) is 42.3. The molecule has 8 aromatic rings. The minimum atomic E-state index is -0.613. The lowest BCUT2D eigenvalue weighted by molar-refractivity contribution is -0.0146. The summed E-state index contributed by atoms with van der Waals surface area (Å²) in [5.41, 5.74) is -1.27. The Balaban J connectivity index is 0.000000142. The maximum absolute atomic E-state index is 12.7. The number of imidazole rings is 4. The van der Waals surface area contributed by atoms with E-state index in [0.29, 0.717) is 102 Å². The number of hydrogen-bond donors (Lipinski definition) is 4. The van der Waals surface area contributed by atoms with Gasteiger partial charge in [-0.1, -0.05) is 6.92 Å². The van der Waals surface area contributed by atoms with Gasteiger partial charge in [0.25, 0.3) is 22.2 Å². The van der Waals surface area contributed by atoms with E-state index in [9.17, 15) is 58.8 Å². The van der Waals surface area contributed by atoms with Gasteiger partial charge in [-0.2, -0.15) is 0 Å². The summed E-state index contributed by atoms with van der Waals surface area (Å²) in [6.45, 7) is 9.19. The molecule has 0 radical (unpaired) electrons. The molecule has 4 saturated carbocycles. The maximum atomic E-state index is 12.7. The van der Waals surface area contributed by atoms with Crippen molar-refractivity contribution < 1.29 is 20.4 Å². The van der Waals surface area contributed by atoms with Crippen molar-refractivity contribution in [2.45, 2.75) is 192 Å². The molecule has 4 aliphatic carbocycles. The van der Waals surface area contributed by atoms with Crippen molar-refractivity contribution in [3.8, 4) is 0 Å². The van der Waals surface area contributed by atoms with Crippen molar-refractivity contribution in [3.05, 3.63) is 109 Å². The van der Waals surface area contributed by atoms with E-state index >= 15 is 0 Å². The van der Waals surface area contributed by atoms with E-state index < -0.39 is 22.4 Å². The van der Waals surface area contributed by atoms with Crippen LogP contribution in [-0.4, -0.2) is 118 Å². The third-order valence-electron chi connectivity index (χ3n) is 20.1. The minimum Gasteiger partial charge on any atom is -0.390 e. The summed E-state index contributed by atoms with van der Waals surface area (Å²) in [5.74, 6) is 1.19. The smallest absolute Gasteiger partial charge is 0.332 e. The van der Waals surface area contributed by atoms with E-state index in [-0.39, 0.29) is 62.7 Å². The Kier molecular flexibility index (Phi) is 19.3. The van der Waals surface area contributed by atoms with E-state index in [1.807, 2.05) is 27.7 Å². The highest BCUT2D eigenvalue weighted by atomic mass is 16.3. The molecule has 0 aliphatic heterocycles. The van der Waals surface area contributed by atoms with Crippen molar-refractivity contribution in [2.75, 3.05) is 0 Å². The number of fused-ring (bicyclic) bond motifs is 4. The normalized spacial score (nSPS) is 25.4. The SMILES string of the molecule is CCC1(O)CCC(Cn2c(=O)c3c(ncn3C)n(C)c2=O)CC1.Cn1cnc2c1c(=O)n(CC1CCC(C)(O)CC1)c(=O)n2C.Cn1cnc2c1c(=O)n(CC1CCC(C)(O)CC1)c(=O)n2C.Cn1cnc2c1c(=O)n(CCC1CCC(C)(O)CC1)c(=O)n2C. The fourth-order valence-electron chi connectivity index (χ4n) is 13.7. The molecule has 0 saturated heterocycles. The zero-order chi connectivity index (χ0) is 65.7. The predicted molar refractivity (Wildman–Crippen MR) is 340 cm³/mol. The van der Waals surface area contributed by atoms with Gasteiger partial charge in [-0.15, -0.1) is 0 Å². The summed E-state index contributed by atoms with van der Waals surface area (Å²) < 4.78 is 17.6. The standard InChI is InChI=1S/2C16H24N4O3.2C15H22N4O3/c1-16(23)7-4-11(5-8-16)6-9-20-14(21)12-13(17-10-18(12)2)19(3)15(20)22;1-4-16(23)7-5-11(6-8-16)9-20-14(21)12-13(17-10-18(12)2)19(3)15(20)22;2*1-15(22)6-4-10(5-7-15)8-19-13(20)11-12(16-9-17(11)2)18(3)14(19)21/h2*10-11,23H,4-9H2,1-3H3;2*9-10,22H,4-8H2,1-3H3. The molecular weight excluding hydrogens is 1160 g/mol. The summed E-state index contributed by atoms with van der Waals surface area (Å²) in [6.07, 6.45) is 20.5. The van der Waals surface area contributed by atoms with Crippen LogP contribution < -0.4 is 45.0 Å². The van der Waals surface area contributed by atoms with Crippen LogP contribution in [0.3, 0.4) is 0 Å². The highest BCUT2D eigenvalue weighted by molar-refractivity contribution is 5.71. The Labute approximate surface area is 518 Å². The average Bonchev–Trinajstić information content (AvgIpc) is 1.59. The second-order valence-corrected chi connectivity index (χ2v) is 27.3. The van der Waals surface area contributed by atoms with Crippen molar-refractivity contribution in [1.29, 1.82) is 0 Å². The second kappa shape index (κ2) is 26.0. The molecular formula is C62H92N16O12. The largest absolute Gasteiger partial charge is 0.390 e. The van der Waals surface area contributed by atoms with Crippen LogP contribution in [0.15, 0.2) is 63.7 Å². The Morgan fingerprint density at radius 1 is 0.378 bits per heavy atom. The lowest BCUT2D eigenvalue weighted by Gasteiger charge is -2.35. The quantitative estimate of drug-likeness (QED) is 0.153. The topological polar surface area (TPSA) is 328 Å². The molecule has 0 aromatic carbocycles. The first-order valence-electron chi connectivity index (χ1n) is 31.6. The van der Waals surface area contributed by atoms with Crippen LogP contribution >= 0.6 is 0 Å². The van der Waals surface area contributed by atoms with E-state index in [0.717, 1.165) is 89.9 Å². The first-order valence-corrected chi connectivity index (χ1v) is 31.6. The zero-order valence-corrected chi connectivity index (χ0v) is 54.4. The highest BCUT2D eigenvalue weighted by Gasteiger charge is 2.34. The molecule has 90 heavy (non-hydrogen) atoms. The Morgan fingerprint density at radius 3 is 0.878 bits per heavy atom. The number of aromatic nitrogens is 16. The van der Waals surface area contributed by atoms with Crippen molar-refractivity contribution in [1.82, 2.24) is 74.7 Å². The lowest BCUT2D eigenvalue weighted by Crippen LogP contribution is -2.42. The number of nitrogens with zero attached hydrogens (tertiary/aromatic N) is 16. The van der Waals surface area contributed by atoms with Crippen LogP contribution in [0.2, 0.25) is 0 Å². The van der Waals surface area contributed by atoms with Gasteiger partial charge in [-0.25, -0.2) is 39.1 Å². The summed E-state index contributed by atoms with van der Waals surface area (Å²) in [4.78, 5) is 117. The summed E-state index contributed by atoms with van der Waals surface area (Å²) in [6, 6.07) is 0. The summed E-state index contributed by atoms with van der Waals surface area (Å²) in [7, 11) is 13.6. The second-order valence-electron chi connectivity index (χ2n) is 27.3. The van der Waals surface area contributed by atoms with Gasteiger partial charge in [-0.3, -0.25) is 55.7 Å². The zero-order valence-electron chi connectivity index (χ0n) is 54.4. The maximum Gasteiger partial charge on any atom is 0.332 e. The fraction of sp³-hybridized carbons (Fsp3) is 0.677. The first kappa shape index (κ1) is 66.8. The molecule has 492 valence electrons. The van der Waals surface area contributed by atoms with Crippen molar-refractivity contribution in [3.63, 3.8) is 0 Å². The van der Waals surface area contributed by atoms with Crippen molar-refractivity contribution >= 4 is 44.7 Å². The van der Waals surface area contributed by atoms with E-state index in [1.165, 1.54) is 36.5 Å². The average molecular weight is 1250 g/mol. The fourth-order valence-corrected chi connectivity index (χ4v) is 13.7. The molecule has 0 spiro atoms. The summed E-state index contributed by atoms with van der Waals surface area (Å²) >= 11 is 0. The molecule has 0 atom stereocenters. The molecule has 8 aromatic heterocycles. The van der Waals surface area contributed by atoms with Gasteiger partial charge in [0.1, 0.15) is 0 Å². The predicted octanol–water partition coefficient (Wildman–Crippen LogP) is 2.28. The van der Waals surface area contributed by atoms with E-state index in [2.05, 4.69) is 19.9 Å². The van der Waals surface area contributed by atoms with Gasteiger partial charge in [0.2, 0.25) is 0 Å². The molecule has 8 heterocycles. The van der Waals surface area contributed by atoms with Crippen LogP contribution in [0.1, 0.15) is 143 Å². The van der Waals surface area contributed by atoms with Crippen LogP contribution in [0, 0.1) is 23.7 Å². The molecule has 28 nitrogen and oxygen atoms in total. The van der Waals surface area contributed by atoms with Gasteiger partial charge >= 0.3 is 22.8 Å². The van der Waals surface area contributed by atoms with Gasteiger partial charge < -0.3 is 38.7 Å². The third-order valence-corrected chi connectivity index (χ3v) is 20.1. The Bertz CT molecular complexity index is 4290. The summed E-state index contributed by atoms with van der Waals surface area (Å²) in [5, 5.41) is 40.4. The molecule has 0 unspecified atom stereocenters. The molecule has 12 rings (SSSR count). The Hall–Kier alpha value is -7.56. The molecule has 4 fully saturated rings. The van der Waals surface area contributed by atoms with Gasteiger partial charge in [0, 0.05) is 82.6 Å². The van der Waals surface area contributed by atoms with Crippen LogP contribution in [-0.2, 0) is 82.6 Å². The number of aryl methyl sites for hydroxylation is 8. The van der Waals surface area contributed by atoms with Crippen molar-refractivity contribution in [2.24, 2.45) is 80.1 Å². The number of hydrogen-bond acceptors (Lipinski definition) is 16. The Morgan fingerprint density at radius 2 is 0.611 bits per heavy atom. The highest BCUT2D eigenvalue weighted by Crippen LogP contribution is 2.36. The molecule has 28 heteroatoms. The van der Waals surface area contributed by atoms with Gasteiger partial charge in [-0.05, 0) is 160 Å². The van der Waals surface area contributed by atoms with Gasteiger partial charge in [0.15, 0.2) is 44.7 Å². The monoisotopic (exact) mass is 1250 g/mol. The van der Waals surface area contributed by atoms with E-state index in [1.54, 1.807) is 100.0 Å². The van der Waals surface area contributed by atoms with Crippen LogP contribution in [0.5, 0.6) is 0 Å². The van der Waals surface area contributed by atoms with Gasteiger partial charge in [0.05, 0.1) is 47.7 Å². The van der Waals surface area contributed by atoms with E-state index in [4.69, 9.17) is 0 Å². The third kappa shape index (κ3) is 13.7. The minimum absolute atomic E-state index is 0.247. The number of rotatable bonds is 10. The lowest BCUT2D eigenvalue weighted by atomic mass is 9.77. The molecule has 4 N–H and O–H groups in total. The molecule has 4 aliphatic rings. The number of aliphatic hydroxyl groups is 4. The van der Waals surface area contributed by atoms with Crippen LogP contribution in [0.25, 0.3) is 44.7 Å². The van der Waals surface area contributed by atoms with Crippen LogP contribution in [0.4, 0.5) is 0 Å². The molecule has 0 bridgehead atoms. The molecule has 0 amide bonds.